The zero-order valence-corrected chi connectivity index (χ0v) is 18.2. The van der Waals surface area contributed by atoms with E-state index >= 15 is 0 Å². The number of rotatable bonds is 6. The Morgan fingerprint density at radius 1 is 1.13 bits per heavy atom. The average molecular weight is 428 g/mol. The van der Waals surface area contributed by atoms with Gasteiger partial charge in [-0.05, 0) is 44.5 Å². The molecule has 3 aromatic rings. The van der Waals surface area contributed by atoms with Crippen LogP contribution in [0, 0.1) is 0 Å². The highest BCUT2D eigenvalue weighted by Gasteiger charge is 2.21. The Morgan fingerprint density at radius 3 is 2.40 bits per heavy atom. The lowest BCUT2D eigenvalue weighted by molar-refractivity contribution is 0.0914. The lowest BCUT2D eigenvalue weighted by atomic mass is 10.1. The third-order valence-electron chi connectivity index (χ3n) is 4.11. The molecule has 0 spiro atoms. The molecule has 0 radical (unpaired) electrons. The van der Waals surface area contributed by atoms with Crippen LogP contribution in [-0.4, -0.2) is 40.9 Å². The summed E-state index contributed by atoms with van der Waals surface area (Å²) in [5.74, 6) is -0.264. The van der Waals surface area contributed by atoms with Gasteiger partial charge in [-0.1, -0.05) is 24.3 Å². The van der Waals surface area contributed by atoms with Crippen molar-refractivity contribution in [3.05, 3.63) is 66.1 Å². The smallest absolute Gasteiger partial charge is 0.272 e. The van der Waals surface area contributed by atoms with Crippen molar-refractivity contribution in [2.45, 2.75) is 32.9 Å². The fourth-order valence-electron chi connectivity index (χ4n) is 2.79. The Bertz CT molecular complexity index is 1130. The molecule has 0 bridgehead atoms. The normalized spacial score (nSPS) is 12.0. The largest absolute Gasteiger partial charge is 0.346 e. The highest BCUT2D eigenvalue weighted by molar-refractivity contribution is 7.88. The topological polar surface area (TPSA) is 106 Å². The number of aromatic nitrogens is 3. The van der Waals surface area contributed by atoms with Gasteiger partial charge in [0.15, 0.2) is 5.69 Å². The molecule has 0 aliphatic carbocycles. The van der Waals surface area contributed by atoms with E-state index in [-0.39, 0.29) is 18.0 Å². The fourth-order valence-corrected chi connectivity index (χ4v) is 3.21. The van der Waals surface area contributed by atoms with Crippen molar-refractivity contribution < 1.29 is 13.2 Å². The predicted molar refractivity (Wildman–Crippen MR) is 116 cm³/mol. The molecule has 2 heterocycles. The minimum Gasteiger partial charge on any atom is -0.346 e. The number of nitrogens with zero attached hydrogens (tertiary/aromatic N) is 3. The van der Waals surface area contributed by atoms with Crippen molar-refractivity contribution in [1.82, 2.24) is 24.8 Å². The zero-order valence-electron chi connectivity index (χ0n) is 17.4. The quantitative estimate of drug-likeness (QED) is 0.629. The van der Waals surface area contributed by atoms with Crippen LogP contribution in [0.15, 0.2) is 54.9 Å². The van der Waals surface area contributed by atoms with Crippen molar-refractivity contribution in [1.29, 1.82) is 0 Å². The summed E-state index contributed by atoms with van der Waals surface area (Å²) in [4.78, 5) is 16.8. The molecule has 1 amide bonds. The van der Waals surface area contributed by atoms with Gasteiger partial charge in [0.05, 0.1) is 23.8 Å². The van der Waals surface area contributed by atoms with Gasteiger partial charge in [-0.2, -0.15) is 5.10 Å². The summed E-state index contributed by atoms with van der Waals surface area (Å²) in [5, 5.41) is 7.43. The highest BCUT2D eigenvalue weighted by atomic mass is 32.2. The number of sulfonamides is 1. The van der Waals surface area contributed by atoms with E-state index in [1.807, 2.05) is 51.1 Å². The monoisotopic (exact) mass is 427 g/mol. The Hall–Kier alpha value is -3.04. The standard InChI is InChI=1S/C21H25N5O3S/c1-21(2,3)24-20(27)18-12-19(26(25-18)17-6-5-11-22-14-17)16-9-7-15(8-10-16)13-23-30(4,28)29/h5-12,14,23H,13H2,1-4H3,(H,24,27). The first-order chi connectivity index (χ1) is 14.0. The number of amides is 1. The summed E-state index contributed by atoms with van der Waals surface area (Å²) >= 11 is 0. The van der Waals surface area contributed by atoms with Crippen molar-refractivity contribution >= 4 is 15.9 Å². The molecule has 0 aliphatic heterocycles. The van der Waals surface area contributed by atoms with Crippen molar-refractivity contribution in [2.24, 2.45) is 0 Å². The summed E-state index contributed by atoms with van der Waals surface area (Å²) in [7, 11) is -3.26. The highest BCUT2D eigenvalue weighted by Crippen LogP contribution is 2.24. The van der Waals surface area contributed by atoms with Crippen molar-refractivity contribution in [3.63, 3.8) is 0 Å². The van der Waals surface area contributed by atoms with E-state index in [4.69, 9.17) is 0 Å². The van der Waals surface area contributed by atoms with Crippen LogP contribution in [0.1, 0.15) is 36.8 Å². The predicted octanol–water partition coefficient (Wildman–Crippen LogP) is 2.51. The first-order valence-electron chi connectivity index (χ1n) is 9.39. The Labute approximate surface area is 176 Å². The number of benzene rings is 1. The van der Waals surface area contributed by atoms with E-state index in [0.717, 1.165) is 28.8 Å². The molecule has 158 valence electrons. The van der Waals surface area contributed by atoms with Crippen LogP contribution in [0.3, 0.4) is 0 Å². The SMILES string of the molecule is CC(C)(C)NC(=O)c1cc(-c2ccc(CNS(C)(=O)=O)cc2)n(-c2cccnc2)n1. The Balaban J connectivity index is 1.97. The van der Waals surface area contributed by atoms with E-state index < -0.39 is 10.0 Å². The van der Waals surface area contributed by atoms with Gasteiger partial charge >= 0.3 is 0 Å². The van der Waals surface area contributed by atoms with Crippen LogP contribution in [0.25, 0.3) is 16.9 Å². The molecule has 8 nitrogen and oxygen atoms in total. The summed E-state index contributed by atoms with van der Waals surface area (Å²) in [6, 6.07) is 12.8. The molecule has 9 heteroatoms. The zero-order chi connectivity index (χ0) is 21.9. The number of nitrogens with one attached hydrogen (secondary N) is 2. The molecule has 1 aromatic carbocycles. The molecule has 2 N–H and O–H groups in total. The molecule has 0 saturated heterocycles. The molecule has 3 rings (SSSR count). The van der Waals surface area contributed by atoms with Crippen LogP contribution >= 0.6 is 0 Å². The molecule has 0 unspecified atom stereocenters. The third kappa shape index (κ3) is 5.74. The molecular formula is C21H25N5O3S. The van der Waals surface area contributed by atoms with Gasteiger partial charge in [0, 0.05) is 23.8 Å². The van der Waals surface area contributed by atoms with E-state index in [2.05, 4.69) is 20.1 Å². The van der Waals surface area contributed by atoms with Gasteiger partial charge in [-0.25, -0.2) is 17.8 Å². The summed E-state index contributed by atoms with van der Waals surface area (Å²) in [6.07, 6.45) is 4.47. The number of carbonyl (C=O) groups is 1. The third-order valence-corrected chi connectivity index (χ3v) is 4.78. The average Bonchev–Trinajstić information content (AvgIpc) is 3.11. The van der Waals surface area contributed by atoms with E-state index in [9.17, 15) is 13.2 Å². The molecule has 0 fully saturated rings. The second-order valence-corrected chi connectivity index (χ2v) is 9.87. The van der Waals surface area contributed by atoms with Crippen LogP contribution in [0.5, 0.6) is 0 Å². The Morgan fingerprint density at radius 2 is 1.83 bits per heavy atom. The number of hydrogen-bond donors (Lipinski definition) is 2. The molecule has 30 heavy (non-hydrogen) atoms. The molecule has 2 aromatic heterocycles. The number of pyridine rings is 1. The van der Waals surface area contributed by atoms with Crippen molar-refractivity contribution in [3.8, 4) is 16.9 Å². The number of carbonyl (C=O) groups excluding carboxylic acids is 1. The van der Waals surface area contributed by atoms with Gasteiger partial charge in [-0.15, -0.1) is 0 Å². The summed E-state index contributed by atoms with van der Waals surface area (Å²) in [5.41, 5.74) is 3.02. The second-order valence-electron chi connectivity index (χ2n) is 8.03. The maximum Gasteiger partial charge on any atom is 0.272 e. The van der Waals surface area contributed by atoms with E-state index in [0.29, 0.717) is 5.69 Å². The van der Waals surface area contributed by atoms with Gasteiger partial charge < -0.3 is 5.32 Å². The maximum absolute atomic E-state index is 12.7. The van der Waals surface area contributed by atoms with Gasteiger partial charge in [-0.3, -0.25) is 9.78 Å². The first-order valence-corrected chi connectivity index (χ1v) is 11.3. The van der Waals surface area contributed by atoms with Crippen LogP contribution in [0.4, 0.5) is 0 Å². The summed E-state index contributed by atoms with van der Waals surface area (Å²) in [6.45, 7) is 5.94. The number of hydrogen-bond acceptors (Lipinski definition) is 5. The molecule has 0 aliphatic rings. The Kier molecular flexibility index (Phi) is 6.04. The lowest BCUT2D eigenvalue weighted by Crippen LogP contribution is -2.40. The maximum atomic E-state index is 12.7. The second kappa shape index (κ2) is 8.37. The lowest BCUT2D eigenvalue weighted by Gasteiger charge is -2.19. The van der Waals surface area contributed by atoms with Gasteiger partial charge in [0.1, 0.15) is 0 Å². The van der Waals surface area contributed by atoms with Gasteiger partial charge in [0.2, 0.25) is 10.0 Å². The van der Waals surface area contributed by atoms with Crippen LogP contribution < -0.4 is 10.0 Å². The van der Waals surface area contributed by atoms with Crippen molar-refractivity contribution in [2.75, 3.05) is 6.26 Å². The fraction of sp³-hybridized carbons (Fsp3) is 0.286. The molecular weight excluding hydrogens is 402 g/mol. The molecule has 0 saturated carbocycles. The summed E-state index contributed by atoms with van der Waals surface area (Å²) < 4.78 is 26.7. The molecule has 0 atom stereocenters. The van der Waals surface area contributed by atoms with E-state index in [1.54, 1.807) is 29.2 Å². The first kappa shape index (κ1) is 21.7. The minimum atomic E-state index is -3.26. The van der Waals surface area contributed by atoms with Gasteiger partial charge in [0.25, 0.3) is 5.91 Å². The minimum absolute atomic E-state index is 0.209. The van der Waals surface area contributed by atoms with E-state index in [1.165, 1.54) is 0 Å². The van der Waals surface area contributed by atoms with Crippen LogP contribution in [0.2, 0.25) is 0 Å². The van der Waals surface area contributed by atoms with Crippen LogP contribution in [-0.2, 0) is 16.6 Å².